The average Bonchev–Trinajstić information content (AvgIpc) is 3.14. The fourth-order valence-corrected chi connectivity index (χ4v) is 4.04. The van der Waals surface area contributed by atoms with Gasteiger partial charge in [-0.25, -0.2) is 0 Å². The molecule has 1 N–H and O–H groups in total. The Bertz CT molecular complexity index is 360. The Kier molecular flexibility index (Phi) is 3.92. The van der Waals surface area contributed by atoms with Crippen LogP contribution < -0.4 is 5.32 Å². The van der Waals surface area contributed by atoms with Crippen LogP contribution in [-0.2, 0) is 4.79 Å². The molecule has 3 heteroatoms. The molecule has 1 aliphatic heterocycles. The van der Waals surface area contributed by atoms with E-state index in [1.165, 1.54) is 19.3 Å². The van der Waals surface area contributed by atoms with Crippen molar-refractivity contribution in [2.75, 3.05) is 19.6 Å². The number of carbonyl (C=O) groups is 1. The lowest BCUT2D eigenvalue weighted by molar-refractivity contribution is -0.136. The van der Waals surface area contributed by atoms with Crippen LogP contribution in [0.4, 0.5) is 0 Å². The molecular formula is C16H26N2O. The lowest BCUT2D eigenvalue weighted by Crippen LogP contribution is -2.44. The first kappa shape index (κ1) is 13.2. The van der Waals surface area contributed by atoms with E-state index in [9.17, 15) is 4.79 Å². The van der Waals surface area contributed by atoms with Gasteiger partial charge in [-0.1, -0.05) is 19.1 Å². The molecule has 0 aromatic rings. The molecule has 0 spiro atoms. The predicted octanol–water partition coefficient (Wildman–Crippen LogP) is 2.19. The SMILES string of the molecule is CCCN(CC1CCCN1)C(=O)C1CC2C=CC1C2. The molecule has 106 valence electrons. The van der Waals surface area contributed by atoms with E-state index < -0.39 is 0 Å². The van der Waals surface area contributed by atoms with E-state index in [1.807, 2.05) is 0 Å². The highest BCUT2D eigenvalue weighted by atomic mass is 16.2. The predicted molar refractivity (Wildman–Crippen MR) is 76.7 cm³/mol. The Labute approximate surface area is 116 Å². The van der Waals surface area contributed by atoms with Crippen LogP contribution in [0, 0.1) is 17.8 Å². The first-order valence-corrected chi connectivity index (χ1v) is 7.98. The molecule has 3 nitrogen and oxygen atoms in total. The van der Waals surface area contributed by atoms with Gasteiger partial charge >= 0.3 is 0 Å². The molecule has 1 saturated carbocycles. The van der Waals surface area contributed by atoms with Gasteiger partial charge in [0.25, 0.3) is 0 Å². The summed E-state index contributed by atoms with van der Waals surface area (Å²) in [7, 11) is 0. The number of nitrogens with zero attached hydrogens (tertiary/aromatic N) is 1. The fourth-order valence-electron chi connectivity index (χ4n) is 4.04. The van der Waals surface area contributed by atoms with Crippen LogP contribution in [-0.4, -0.2) is 36.5 Å². The quantitative estimate of drug-likeness (QED) is 0.770. The largest absolute Gasteiger partial charge is 0.341 e. The number of hydrogen-bond donors (Lipinski definition) is 1. The van der Waals surface area contributed by atoms with Crippen molar-refractivity contribution in [3.8, 4) is 0 Å². The molecular weight excluding hydrogens is 236 g/mol. The Morgan fingerprint density at radius 2 is 2.26 bits per heavy atom. The second kappa shape index (κ2) is 5.66. The normalized spacial score (nSPS) is 36.1. The molecule has 2 fully saturated rings. The van der Waals surface area contributed by atoms with E-state index in [0.29, 0.717) is 23.8 Å². The number of amides is 1. The zero-order chi connectivity index (χ0) is 13.2. The lowest BCUT2D eigenvalue weighted by atomic mass is 9.92. The fraction of sp³-hybridized carbons (Fsp3) is 0.812. The summed E-state index contributed by atoms with van der Waals surface area (Å²) >= 11 is 0. The molecule has 4 unspecified atom stereocenters. The van der Waals surface area contributed by atoms with Crippen molar-refractivity contribution in [1.82, 2.24) is 10.2 Å². The summed E-state index contributed by atoms with van der Waals surface area (Å²) < 4.78 is 0. The Hall–Kier alpha value is -0.830. The minimum atomic E-state index is 0.281. The van der Waals surface area contributed by atoms with Gasteiger partial charge in [-0.05, 0) is 50.5 Å². The van der Waals surface area contributed by atoms with Crippen LogP contribution in [0.2, 0.25) is 0 Å². The van der Waals surface area contributed by atoms with Gasteiger partial charge in [0.15, 0.2) is 0 Å². The van der Waals surface area contributed by atoms with E-state index >= 15 is 0 Å². The molecule has 19 heavy (non-hydrogen) atoms. The van der Waals surface area contributed by atoms with Crippen LogP contribution in [0.1, 0.15) is 39.0 Å². The summed E-state index contributed by atoms with van der Waals surface area (Å²) in [5, 5.41) is 3.52. The van der Waals surface area contributed by atoms with Crippen LogP contribution in [0.25, 0.3) is 0 Å². The first-order valence-electron chi connectivity index (χ1n) is 7.98. The second-order valence-corrected chi connectivity index (χ2v) is 6.46. The molecule has 2 bridgehead atoms. The zero-order valence-corrected chi connectivity index (χ0v) is 12.0. The minimum absolute atomic E-state index is 0.281. The number of nitrogens with one attached hydrogen (secondary N) is 1. The summed E-state index contributed by atoms with van der Waals surface area (Å²) in [6.07, 6.45) is 10.5. The van der Waals surface area contributed by atoms with Gasteiger partial charge in [0.05, 0.1) is 0 Å². The van der Waals surface area contributed by atoms with Gasteiger partial charge in [-0.2, -0.15) is 0 Å². The number of rotatable bonds is 5. The Balaban J connectivity index is 1.62. The molecule has 4 atom stereocenters. The number of carbonyl (C=O) groups excluding carboxylic acids is 1. The molecule has 0 radical (unpaired) electrons. The van der Waals surface area contributed by atoms with Gasteiger partial charge in [0.1, 0.15) is 0 Å². The van der Waals surface area contributed by atoms with E-state index in [0.717, 1.165) is 32.5 Å². The standard InChI is InChI=1S/C16H26N2O/c1-2-8-18(11-14-4-3-7-17-14)16(19)15-10-12-5-6-13(15)9-12/h5-6,12-15,17H,2-4,7-11H2,1H3. The summed E-state index contributed by atoms with van der Waals surface area (Å²) in [5.74, 6) is 1.93. The van der Waals surface area contributed by atoms with Crippen LogP contribution in [0.5, 0.6) is 0 Å². The maximum atomic E-state index is 12.8. The van der Waals surface area contributed by atoms with Crippen molar-refractivity contribution in [3.63, 3.8) is 0 Å². The maximum Gasteiger partial charge on any atom is 0.226 e. The average molecular weight is 262 g/mol. The minimum Gasteiger partial charge on any atom is -0.341 e. The van der Waals surface area contributed by atoms with E-state index in [1.54, 1.807) is 0 Å². The van der Waals surface area contributed by atoms with Gasteiger partial charge in [0.2, 0.25) is 5.91 Å². The smallest absolute Gasteiger partial charge is 0.226 e. The summed E-state index contributed by atoms with van der Waals surface area (Å²) in [6, 6.07) is 0.532. The second-order valence-electron chi connectivity index (χ2n) is 6.46. The third kappa shape index (κ3) is 2.71. The van der Waals surface area contributed by atoms with E-state index in [2.05, 4.69) is 29.3 Å². The number of allylic oxidation sites excluding steroid dienone is 2. The first-order chi connectivity index (χ1) is 9.28. The third-order valence-corrected chi connectivity index (χ3v) is 5.00. The third-order valence-electron chi connectivity index (χ3n) is 5.00. The molecule has 2 aliphatic carbocycles. The van der Waals surface area contributed by atoms with Crippen LogP contribution in [0.3, 0.4) is 0 Å². The molecule has 3 aliphatic rings. The highest BCUT2D eigenvalue weighted by Crippen LogP contribution is 2.44. The molecule has 1 saturated heterocycles. The number of fused-ring (bicyclic) bond motifs is 2. The molecule has 0 aromatic carbocycles. The van der Waals surface area contributed by atoms with Gasteiger partial charge in [-0.15, -0.1) is 0 Å². The molecule has 1 amide bonds. The van der Waals surface area contributed by atoms with Crippen LogP contribution in [0.15, 0.2) is 12.2 Å². The van der Waals surface area contributed by atoms with E-state index in [-0.39, 0.29) is 5.92 Å². The van der Waals surface area contributed by atoms with Gasteiger partial charge in [0, 0.05) is 25.0 Å². The Morgan fingerprint density at radius 1 is 1.37 bits per heavy atom. The molecule has 1 heterocycles. The highest BCUT2D eigenvalue weighted by Gasteiger charge is 2.41. The lowest BCUT2D eigenvalue weighted by Gasteiger charge is -2.30. The highest BCUT2D eigenvalue weighted by molar-refractivity contribution is 5.80. The Morgan fingerprint density at radius 3 is 2.84 bits per heavy atom. The maximum absolute atomic E-state index is 12.8. The van der Waals surface area contributed by atoms with Crippen molar-refractivity contribution in [2.24, 2.45) is 17.8 Å². The topological polar surface area (TPSA) is 32.3 Å². The summed E-state index contributed by atoms with van der Waals surface area (Å²) in [4.78, 5) is 14.9. The van der Waals surface area contributed by atoms with Crippen molar-refractivity contribution in [2.45, 2.75) is 45.1 Å². The summed E-state index contributed by atoms with van der Waals surface area (Å²) in [6.45, 7) is 5.14. The molecule has 3 rings (SSSR count). The van der Waals surface area contributed by atoms with Gasteiger partial charge < -0.3 is 10.2 Å². The van der Waals surface area contributed by atoms with Crippen molar-refractivity contribution in [3.05, 3.63) is 12.2 Å². The van der Waals surface area contributed by atoms with Crippen LogP contribution >= 0.6 is 0 Å². The molecule has 0 aromatic heterocycles. The number of hydrogen-bond acceptors (Lipinski definition) is 2. The monoisotopic (exact) mass is 262 g/mol. The van der Waals surface area contributed by atoms with Crippen molar-refractivity contribution >= 4 is 5.91 Å². The summed E-state index contributed by atoms with van der Waals surface area (Å²) in [5.41, 5.74) is 0. The van der Waals surface area contributed by atoms with Crippen molar-refractivity contribution in [1.29, 1.82) is 0 Å². The van der Waals surface area contributed by atoms with Crippen molar-refractivity contribution < 1.29 is 4.79 Å². The zero-order valence-electron chi connectivity index (χ0n) is 12.0. The van der Waals surface area contributed by atoms with E-state index in [4.69, 9.17) is 0 Å². The van der Waals surface area contributed by atoms with Gasteiger partial charge in [-0.3, -0.25) is 4.79 Å².